The summed E-state index contributed by atoms with van der Waals surface area (Å²) in [6, 6.07) is -7.85. The fourth-order valence-corrected chi connectivity index (χ4v) is 12.3. The summed E-state index contributed by atoms with van der Waals surface area (Å²) in [4.78, 5) is 131. The molecule has 0 bridgehead atoms. The summed E-state index contributed by atoms with van der Waals surface area (Å²) in [6.07, 6.45) is -18.4. The topological polar surface area (TPSA) is 627 Å². The van der Waals surface area contributed by atoms with E-state index < -0.39 is 183 Å². The molecule has 0 saturated carbocycles. The van der Waals surface area contributed by atoms with Crippen molar-refractivity contribution < 1.29 is 103 Å². The zero-order valence-corrected chi connectivity index (χ0v) is 55.3. The largest absolute Gasteiger partial charge is 0.441 e. The van der Waals surface area contributed by atoms with Crippen LogP contribution in [0, 0.1) is 12.8 Å². The van der Waals surface area contributed by atoms with E-state index in [9.17, 15) is 74.4 Å². The first-order valence-electron chi connectivity index (χ1n) is 29.8. The van der Waals surface area contributed by atoms with Gasteiger partial charge in [-0.25, -0.2) is 29.7 Å². The number of hydrogen-bond donors (Lipinski definition) is 20. The number of thiazole rings is 2. The van der Waals surface area contributed by atoms with Crippen LogP contribution in [-0.2, 0) is 65.0 Å². The Kier molecular flexibility index (Phi) is 29.0. The molecule has 0 spiro atoms. The molecule has 8 amide bonds. The molecule has 2 aliphatic rings. The predicted molar refractivity (Wildman–Crippen MR) is 339 cm³/mol. The Hall–Kier alpha value is -7.30. The van der Waals surface area contributed by atoms with Gasteiger partial charge in [-0.1, -0.05) is 6.92 Å². The molecule has 0 aromatic carbocycles. The SMILES string of the molecule is Cc1c(N)nc([C@H](CC(N)=O)NC[C@H](N)C(N)=O)nc1C(=O)N[C@H](C(=O)N[C@H](C)[C@@H](O)[C@H](C)C(=O)N[C@H](C(=O)NCCc1ncc(-c2nc(C(=O)NCCC[S+](C)C)cs2)s1)[C@@H](C)O)[C@@H](O[C@@H]1O[C@@H](CO)[C@@H](O)[C@H](O)[C@@H]1O[C@H]1O[C@H](CO)[C@@H](O)[C@H](OC(N)=O)[C@@H]1O)c1cnc[nH]1. The van der Waals surface area contributed by atoms with Crippen LogP contribution < -0.4 is 60.6 Å². The van der Waals surface area contributed by atoms with Gasteiger partial charge < -0.3 is 130 Å². The second-order valence-electron chi connectivity index (χ2n) is 22.8. The molecule has 25 N–H and O–H groups in total. The summed E-state index contributed by atoms with van der Waals surface area (Å²) in [5.41, 5.74) is 27.6. The zero-order valence-electron chi connectivity index (χ0n) is 52.9. The van der Waals surface area contributed by atoms with Crippen LogP contribution in [0.5, 0.6) is 0 Å². The zero-order chi connectivity index (χ0) is 71.0. The van der Waals surface area contributed by atoms with Crippen molar-refractivity contribution in [3.63, 3.8) is 0 Å². The van der Waals surface area contributed by atoms with E-state index in [0.29, 0.717) is 21.4 Å². The molecule has 0 unspecified atom stereocenters. The molecule has 532 valence electrons. The number of nitrogens with two attached hydrogens (primary N) is 5. The Bertz CT molecular complexity index is 3280. The van der Waals surface area contributed by atoms with Gasteiger partial charge >= 0.3 is 6.09 Å². The Balaban J connectivity index is 1.26. The van der Waals surface area contributed by atoms with Crippen molar-refractivity contribution in [3.8, 4) is 9.88 Å². The Morgan fingerprint density at radius 2 is 1.49 bits per heavy atom. The van der Waals surface area contributed by atoms with Crippen molar-refractivity contribution in [2.75, 3.05) is 56.8 Å². The third-order valence-corrected chi connectivity index (χ3v) is 18.4. The van der Waals surface area contributed by atoms with Crippen LogP contribution in [0.2, 0.25) is 0 Å². The van der Waals surface area contributed by atoms with E-state index in [0.717, 1.165) is 24.7 Å². The van der Waals surface area contributed by atoms with Crippen LogP contribution in [0.15, 0.2) is 24.1 Å². The van der Waals surface area contributed by atoms with Gasteiger partial charge in [0.1, 0.15) is 94.7 Å². The molecule has 2 saturated heterocycles. The van der Waals surface area contributed by atoms with Crippen molar-refractivity contribution in [2.45, 2.75) is 157 Å². The number of aliphatic hydroxyl groups is 8. The second kappa shape index (κ2) is 35.8. The number of nitrogens with zero attached hydrogens (tertiary/aromatic N) is 5. The summed E-state index contributed by atoms with van der Waals surface area (Å²) in [5.74, 6) is -7.68. The smallest absolute Gasteiger partial charge is 0.404 e. The lowest BCUT2D eigenvalue weighted by molar-refractivity contribution is -0.372. The number of H-pyrrole nitrogens is 1. The second-order valence-corrected chi connectivity index (χ2v) is 27.2. The molecule has 19 atom stereocenters. The van der Waals surface area contributed by atoms with E-state index >= 15 is 4.79 Å². The van der Waals surface area contributed by atoms with E-state index in [2.05, 4.69) is 74.3 Å². The fourth-order valence-electron chi connectivity index (χ4n) is 9.79. The van der Waals surface area contributed by atoms with E-state index in [1.165, 1.54) is 50.4 Å². The number of nitrogens with one attached hydrogen (secondary N) is 7. The van der Waals surface area contributed by atoms with Crippen molar-refractivity contribution in [1.82, 2.24) is 61.8 Å². The predicted octanol–water partition coefficient (Wildman–Crippen LogP) is -7.70. The van der Waals surface area contributed by atoms with E-state index in [1.54, 1.807) is 11.6 Å². The number of imidazole rings is 1. The lowest BCUT2D eigenvalue weighted by atomic mass is 9.96. The molecular formula is C55H84N17O21S3+. The summed E-state index contributed by atoms with van der Waals surface area (Å²) < 4.78 is 28.7. The number of hydrogen-bond acceptors (Lipinski definition) is 31. The van der Waals surface area contributed by atoms with Crippen molar-refractivity contribution in [1.29, 1.82) is 0 Å². The van der Waals surface area contributed by atoms with Gasteiger partial charge in [-0.05, 0) is 31.7 Å². The number of aromatic nitrogens is 6. The summed E-state index contributed by atoms with van der Waals surface area (Å²) in [6.45, 7) is 3.18. The molecule has 6 heterocycles. The maximum Gasteiger partial charge on any atom is 0.404 e. The van der Waals surface area contributed by atoms with Gasteiger partial charge in [0, 0.05) is 56.0 Å². The normalized spacial score (nSPS) is 24.0. The van der Waals surface area contributed by atoms with E-state index in [4.69, 9.17) is 52.4 Å². The van der Waals surface area contributed by atoms with Gasteiger partial charge in [0.15, 0.2) is 18.7 Å². The minimum absolute atomic E-state index is 0.00498. The Morgan fingerprint density at radius 3 is 2.11 bits per heavy atom. The van der Waals surface area contributed by atoms with Crippen LogP contribution in [-0.4, -0.2) is 267 Å². The Morgan fingerprint density at radius 1 is 0.802 bits per heavy atom. The number of aromatic amines is 1. The van der Waals surface area contributed by atoms with Crippen molar-refractivity contribution in [2.24, 2.45) is 28.9 Å². The van der Waals surface area contributed by atoms with E-state index in [1.807, 2.05) is 0 Å². The first-order chi connectivity index (χ1) is 45.3. The van der Waals surface area contributed by atoms with Gasteiger partial charge in [0.25, 0.3) is 11.8 Å². The molecule has 2 aliphatic heterocycles. The third-order valence-electron chi connectivity index (χ3n) is 15.3. The summed E-state index contributed by atoms with van der Waals surface area (Å²) in [5, 5.41) is 106. The van der Waals surface area contributed by atoms with Crippen LogP contribution >= 0.6 is 22.7 Å². The molecule has 4 aromatic rings. The number of aliphatic hydroxyl groups excluding tert-OH is 8. The van der Waals surface area contributed by atoms with Crippen LogP contribution in [0.25, 0.3) is 9.88 Å². The quantitative estimate of drug-likeness (QED) is 0.0150. The van der Waals surface area contributed by atoms with E-state index in [-0.39, 0.29) is 64.9 Å². The van der Waals surface area contributed by atoms with Crippen LogP contribution in [0.3, 0.4) is 0 Å². The minimum Gasteiger partial charge on any atom is -0.441 e. The van der Waals surface area contributed by atoms with Crippen molar-refractivity contribution in [3.05, 3.63) is 57.6 Å². The number of nitrogen functional groups attached to an aromatic ring is 1. The maximum atomic E-state index is 15.2. The fraction of sp³-hybridized carbons (Fsp3) is 0.618. The molecule has 0 aliphatic carbocycles. The number of carbonyl (C=O) groups excluding carboxylic acids is 8. The molecule has 4 aromatic heterocycles. The molecule has 96 heavy (non-hydrogen) atoms. The number of anilines is 1. The van der Waals surface area contributed by atoms with Gasteiger partial charge in [-0.3, -0.25) is 33.6 Å². The van der Waals surface area contributed by atoms with Crippen LogP contribution in [0.4, 0.5) is 10.6 Å². The molecule has 2 fully saturated rings. The minimum atomic E-state index is -2.20. The van der Waals surface area contributed by atoms with Crippen molar-refractivity contribution >= 4 is 86.8 Å². The maximum absolute atomic E-state index is 15.2. The lowest BCUT2D eigenvalue weighted by Crippen LogP contribution is -2.65. The Labute approximate surface area is 559 Å². The van der Waals surface area contributed by atoms with Gasteiger partial charge in [-0.2, -0.15) is 0 Å². The average Bonchev–Trinajstić information content (AvgIpc) is 0.873. The molecule has 6 rings (SSSR count). The van der Waals surface area contributed by atoms with Gasteiger partial charge in [-0.15, -0.1) is 22.7 Å². The highest BCUT2D eigenvalue weighted by atomic mass is 32.2. The van der Waals surface area contributed by atoms with Gasteiger partial charge in [0.2, 0.25) is 29.5 Å². The number of ether oxygens (including phenoxy) is 5. The summed E-state index contributed by atoms with van der Waals surface area (Å²) in [7, 11) is 0.255. The highest BCUT2D eigenvalue weighted by Crippen LogP contribution is 2.35. The molecule has 38 nitrogen and oxygen atoms in total. The lowest BCUT2D eigenvalue weighted by Gasteiger charge is -2.47. The first-order valence-corrected chi connectivity index (χ1v) is 33.8. The molecule has 41 heteroatoms. The average molecular weight is 1420 g/mol. The molecule has 0 radical (unpaired) electrons. The number of amides is 8. The highest BCUT2D eigenvalue weighted by molar-refractivity contribution is 7.95. The monoisotopic (exact) mass is 1410 g/mol. The standard InChI is InChI=1S/C55H83N17O21S3/c1-20-33(69-46(72-44(20)58)25(12-31(57)76)64-13-24(56)45(59)82)50(86)71-35(41(26-14-61-19-66-26)91-54-43(39(80)37(78)28(16-73)90-54)92-53-40(81)42(93-55(60)88)38(79)29(17-74)89-53)51(87)67-22(3)36(77)21(2)47(83)70-34(23(4)75)49(85)63-10-8-32-65-15-30(95-32)52-68-27(18-94-52)48(84)62-9-7-11-96(5)6/h14-15,18-19,21-25,28-29,34-43,53-54,64,73-75,77-81H,7-13,16-17,56H2,1-6H3,(H13-,57,58,59,60,61,62,63,66,67,69,70,71,72,76,82,83,84,85,86,87,88)/p+1/t21-,22+,23+,24-,25-,28-,29+,34-,35-,36-,37+,38+,39-,40-,41-,42-,43-,53+,54-/m0/s1. The number of rotatable bonds is 35. The molecular weight excluding hydrogens is 1330 g/mol. The highest BCUT2D eigenvalue weighted by Gasteiger charge is 2.54. The third kappa shape index (κ3) is 20.6. The first kappa shape index (κ1) is 77.7. The van der Waals surface area contributed by atoms with Crippen LogP contribution in [0.1, 0.15) is 88.8 Å². The van der Waals surface area contributed by atoms with Gasteiger partial charge in [0.05, 0.1) is 90.1 Å². The number of carbonyl (C=O) groups is 8. The summed E-state index contributed by atoms with van der Waals surface area (Å²) >= 11 is 2.56. The number of primary amides is 3.